The summed E-state index contributed by atoms with van der Waals surface area (Å²) in [5.41, 5.74) is 9.07. The van der Waals surface area contributed by atoms with Crippen LogP contribution in [0.5, 0.6) is 0 Å². The van der Waals surface area contributed by atoms with E-state index in [0.29, 0.717) is 37.7 Å². The van der Waals surface area contributed by atoms with Gasteiger partial charge in [-0.25, -0.2) is 18.4 Å². The quantitative estimate of drug-likeness (QED) is 0.580. The molecule has 0 aliphatic carbocycles. The van der Waals surface area contributed by atoms with Gasteiger partial charge in [-0.15, -0.1) is 0 Å². The van der Waals surface area contributed by atoms with Crippen LogP contribution in [0.3, 0.4) is 0 Å². The van der Waals surface area contributed by atoms with Crippen molar-refractivity contribution in [2.45, 2.75) is 17.9 Å². The third kappa shape index (κ3) is 3.83. The highest BCUT2D eigenvalue weighted by molar-refractivity contribution is 7.89. The molecule has 32 heavy (non-hydrogen) atoms. The van der Waals surface area contributed by atoms with Gasteiger partial charge in [-0.3, -0.25) is 4.68 Å². The molecule has 2 aromatic heterocycles. The Morgan fingerprint density at radius 3 is 2.50 bits per heavy atom. The summed E-state index contributed by atoms with van der Waals surface area (Å²) in [6, 6.07) is 7.39. The van der Waals surface area contributed by atoms with E-state index >= 15 is 0 Å². The molecule has 168 valence electrons. The molecule has 1 aromatic carbocycles. The van der Waals surface area contributed by atoms with Gasteiger partial charge in [0.15, 0.2) is 5.82 Å². The third-order valence-corrected chi connectivity index (χ3v) is 7.60. The van der Waals surface area contributed by atoms with Crippen molar-refractivity contribution in [3.05, 3.63) is 47.9 Å². The molecule has 5 rings (SSSR count). The van der Waals surface area contributed by atoms with E-state index in [2.05, 4.69) is 10.00 Å². The lowest BCUT2D eigenvalue weighted by Crippen LogP contribution is -2.40. The highest BCUT2D eigenvalue weighted by atomic mass is 32.2. The molecule has 11 heteroatoms. The number of benzene rings is 1. The van der Waals surface area contributed by atoms with Crippen LogP contribution in [-0.2, 0) is 34.8 Å². The smallest absolute Gasteiger partial charge is 0.246 e. The van der Waals surface area contributed by atoms with Crippen LogP contribution in [0.15, 0.2) is 41.6 Å². The predicted octanol–water partition coefficient (Wildman–Crippen LogP) is 1.04. The normalized spacial score (nSPS) is 17.3. The van der Waals surface area contributed by atoms with Crippen molar-refractivity contribution >= 4 is 21.5 Å². The maximum absolute atomic E-state index is 13.2. The molecule has 0 unspecified atom stereocenters. The zero-order chi connectivity index (χ0) is 22.3. The minimum atomic E-state index is -3.67. The fraction of sp³-hybridized carbons (Fsp3) is 0.381. The number of hydrogen-bond acceptors (Lipinski definition) is 8. The molecule has 0 bridgehead atoms. The molecular formula is C21H25N7O3S. The van der Waals surface area contributed by atoms with Gasteiger partial charge in [0.2, 0.25) is 10.0 Å². The Kier molecular flexibility index (Phi) is 5.31. The number of aryl methyl sites for hydroxylation is 1. The molecule has 0 amide bonds. The number of ether oxygens (including phenoxy) is 1. The van der Waals surface area contributed by atoms with Gasteiger partial charge in [0.1, 0.15) is 10.7 Å². The van der Waals surface area contributed by atoms with Gasteiger partial charge >= 0.3 is 0 Å². The zero-order valence-corrected chi connectivity index (χ0v) is 18.6. The van der Waals surface area contributed by atoms with Crippen LogP contribution in [0.2, 0.25) is 0 Å². The van der Waals surface area contributed by atoms with Crippen LogP contribution in [0, 0.1) is 0 Å². The second-order valence-electron chi connectivity index (χ2n) is 7.96. The Morgan fingerprint density at radius 1 is 1.06 bits per heavy atom. The van der Waals surface area contributed by atoms with Gasteiger partial charge in [0, 0.05) is 49.7 Å². The molecule has 0 saturated carbocycles. The number of anilines is 2. The largest absolute Gasteiger partial charge is 0.399 e. The Balaban J connectivity index is 1.56. The molecule has 10 nitrogen and oxygen atoms in total. The lowest BCUT2D eigenvalue weighted by molar-refractivity contribution is 0.122. The molecule has 4 heterocycles. The average Bonchev–Trinajstić information content (AvgIpc) is 3.26. The van der Waals surface area contributed by atoms with Gasteiger partial charge in [-0.2, -0.15) is 9.40 Å². The van der Waals surface area contributed by atoms with Crippen LogP contribution in [0.25, 0.3) is 11.4 Å². The number of nitrogens with zero attached hydrogens (tertiary/aromatic N) is 6. The number of morpholine rings is 1. The molecule has 0 radical (unpaired) electrons. The predicted molar refractivity (Wildman–Crippen MR) is 119 cm³/mol. The van der Waals surface area contributed by atoms with E-state index in [1.165, 1.54) is 21.4 Å². The lowest BCUT2D eigenvalue weighted by Gasteiger charge is -2.33. The lowest BCUT2D eigenvalue weighted by atomic mass is 10.1. The van der Waals surface area contributed by atoms with Crippen LogP contribution in [-0.4, -0.2) is 65.3 Å². The Morgan fingerprint density at radius 2 is 1.81 bits per heavy atom. The monoisotopic (exact) mass is 455 g/mol. The molecule has 1 saturated heterocycles. The molecule has 3 aromatic rings. The van der Waals surface area contributed by atoms with E-state index in [9.17, 15) is 8.42 Å². The van der Waals surface area contributed by atoms with Crippen molar-refractivity contribution in [1.29, 1.82) is 0 Å². The van der Waals surface area contributed by atoms with Gasteiger partial charge < -0.3 is 15.4 Å². The fourth-order valence-corrected chi connectivity index (χ4v) is 5.46. The first-order valence-corrected chi connectivity index (χ1v) is 11.9. The van der Waals surface area contributed by atoms with Gasteiger partial charge in [0.05, 0.1) is 31.6 Å². The van der Waals surface area contributed by atoms with Crippen molar-refractivity contribution < 1.29 is 13.2 Å². The van der Waals surface area contributed by atoms with Crippen molar-refractivity contribution in [3.8, 4) is 11.4 Å². The minimum absolute atomic E-state index is 0.185. The topological polar surface area (TPSA) is 119 Å². The minimum Gasteiger partial charge on any atom is -0.399 e. The Labute approximate surface area is 186 Å². The van der Waals surface area contributed by atoms with Crippen LogP contribution in [0.1, 0.15) is 11.3 Å². The summed E-state index contributed by atoms with van der Waals surface area (Å²) in [7, 11) is -1.97. The van der Waals surface area contributed by atoms with E-state index in [4.69, 9.17) is 20.4 Å². The standard InChI is InChI=1S/C21H25N7O3S/c1-26-13-17(12-23-26)32(29,30)28-7-6-18-19(14-28)24-20(15-2-4-16(22)5-3-15)25-21(18)27-8-10-31-11-9-27/h2-5,12-13H,6-11,14,22H2,1H3. The first-order chi connectivity index (χ1) is 15.4. The third-order valence-electron chi connectivity index (χ3n) is 5.81. The average molecular weight is 456 g/mol. The fourth-order valence-electron chi connectivity index (χ4n) is 4.07. The Hall–Kier alpha value is -3.02. The van der Waals surface area contributed by atoms with Crippen molar-refractivity contribution in [1.82, 2.24) is 24.1 Å². The number of sulfonamides is 1. The summed E-state index contributed by atoms with van der Waals surface area (Å²) in [6.45, 7) is 3.31. The number of hydrogen-bond donors (Lipinski definition) is 1. The summed E-state index contributed by atoms with van der Waals surface area (Å²) in [6.07, 6.45) is 3.44. The number of aromatic nitrogens is 4. The van der Waals surface area contributed by atoms with Crippen LogP contribution >= 0.6 is 0 Å². The number of nitrogen functional groups attached to an aromatic ring is 1. The molecule has 1 fully saturated rings. The van der Waals surface area contributed by atoms with E-state index in [1.807, 2.05) is 24.3 Å². The zero-order valence-electron chi connectivity index (χ0n) is 17.8. The first-order valence-electron chi connectivity index (χ1n) is 10.5. The highest BCUT2D eigenvalue weighted by Crippen LogP contribution is 2.32. The molecule has 2 aliphatic heterocycles. The molecule has 0 spiro atoms. The summed E-state index contributed by atoms with van der Waals surface area (Å²) in [5.74, 6) is 1.43. The summed E-state index contributed by atoms with van der Waals surface area (Å²) in [5, 5.41) is 4.01. The van der Waals surface area contributed by atoms with E-state index in [1.54, 1.807) is 7.05 Å². The van der Waals surface area contributed by atoms with Crippen molar-refractivity contribution in [2.75, 3.05) is 43.5 Å². The molecule has 2 N–H and O–H groups in total. The highest BCUT2D eigenvalue weighted by Gasteiger charge is 2.33. The van der Waals surface area contributed by atoms with Gasteiger partial charge in [0.25, 0.3) is 0 Å². The number of nitrogens with two attached hydrogens (primary N) is 1. The van der Waals surface area contributed by atoms with Crippen LogP contribution in [0.4, 0.5) is 11.5 Å². The summed E-state index contributed by atoms with van der Waals surface area (Å²) >= 11 is 0. The first kappa shape index (κ1) is 20.9. The second-order valence-corrected chi connectivity index (χ2v) is 9.89. The van der Waals surface area contributed by atoms with E-state index in [-0.39, 0.29) is 11.4 Å². The number of rotatable bonds is 4. The Bertz CT molecular complexity index is 1230. The van der Waals surface area contributed by atoms with E-state index < -0.39 is 10.0 Å². The SMILES string of the molecule is Cn1cc(S(=O)(=O)N2CCc3c(nc(-c4ccc(N)cc4)nc3N3CCOCC3)C2)cn1. The second kappa shape index (κ2) is 8.15. The molecule has 0 atom stereocenters. The van der Waals surface area contributed by atoms with E-state index in [0.717, 1.165) is 35.7 Å². The molecule has 2 aliphatic rings. The van der Waals surface area contributed by atoms with Crippen molar-refractivity contribution in [2.24, 2.45) is 7.05 Å². The summed E-state index contributed by atoms with van der Waals surface area (Å²) < 4.78 is 34.8. The number of fused-ring (bicyclic) bond motifs is 1. The van der Waals surface area contributed by atoms with Gasteiger partial charge in [-0.1, -0.05) is 0 Å². The maximum Gasteiger partial charge on any atom is 0.246 e. The maximum atomic E-state index is 13.2. The summed E-state index contributed by atoms with van der Waals surface area (Å²) in [4.78, 5) is 12.1. The van der Waals surface area contributed by atoms with Crippen LogP contribution < -0.4 is 10.6 Å². The van der Waals surface area contributed by atoms with Crippen molar-refractivity contribution in [3.63, 3.8) is 0 Å². The van der Waals surface area contributed by atoms with Gasteiger partial charge in [-0.05, 0) is 30.7 Å². The molecular weight excluding hydrogens is 430 g/mol.